The normalized spacial score (nSPS) is 14.4. The van der Waals surface area contributed by atoms with Crippen LogP contribution >= 0.6 is 0 Å². The summed E-state index contributed by atoms with van der Waals surface area (Å²) < 4.78 is 0. The van der Waals surface area contributed by atoms with Gasteiger partial charge in [0.05, 0.1) is 10.5 Å². The number of nitrogens with zero attached hydrogens (tertiary/aromatic N) is 2. The van der Waals surface area contributed by atoms with Gasteiger partial charge in [0, 0.05) is 19.2 Å². The van der Waals surface area contributed by atoms with E-state index < -0.39 is 16.4 Å². The number of nitro groups is 1. The number of hydrogen-bond acceptors (Lipinski definition) is 4. The fourth-order valence-electron chi connectivity index (χ4n) is 1.54. The lowest BCUT2D eigenvalue weighted by Gasteiger charge is -2.30. The van der Waals surface area contributed by atoms with Crippen molar-refractivity contribution in [1.82, 2.24) is 4.90 Å². The molecule has 1 aliphatic rings. The fraction of sp³-hybridized carbons (Fsp3) is 0.300. The lowest BCUT2D eigenvalue weighted by molar-refractivity contribution is -0.385. The third-order valence-electron chi connectivity index (χ3n) is 2.59. The predicted molar refractivity (Wildman–Crippen MR) is 55.3 cm³/mol. The molecule has 0 unspecified atom stereocenters. The van der Waals surface area contributed by atoms with Crippen molar-refractivity contribution in [2.45, 2.75) is 6.42 Å². The van der Waals surface area contributed by atoms with Crippen molar-refractivity contribution >= 4 is 11.6 Å². The summed E-state index contributed by atoms with van der Waals surface area (Å²) in [6.07, 6.45) is 0.932. The van der Waals surface area contributed by atoms with E-state index in [-0.39, 0.29) is 11.5 Å². The lowest BCUT2D eigenvalue weighted by atomic mass is 10.1. The average Bonchev–Trinajstić information content (AvgIpc) is 2.14. The molecule has 1 aromatic carbocycles. The van der Waals surface area contributed by atoms with Crippen LogP contribution in [-0.4, -0.2) is 33.9 Å². The molecule has 1 N–H and O–H groups in total. The zero-order valence-electron chi connectivity index (χ0n) is 8.42. The smallest absolute Gasteiger partial charge is 0.311 e. The maximum atomic E-state index is 11.8. The number of phenolic OH excluding ortho intramolecular Hbond substituents is 1. The highest BCUT2D eigenvalue weighted by atomic mass is 16.6. The van der Waals surface area contributed by atoms with Gasteiger partial charge in [-0.1, -0.05) is 6.07 Å². The number of nitro benzene ring substituents is 1. The molecule has 84 valence electrons. The summed E-state index contributed by atoms with van der Waals surface area (Å²) in [5.74, 6) is -0.906. The van der Waals surface area contributed by atoms with E-state index in [9.17, 15) is 20.0 Å². The summed E-state index contributed by atoms with van der Waals surface area (Å²) in [6, 6.07) is 3.95. The predicted octanol–water partition coefficient (Wildman–Crippen LogP) is 1.15. The largest absolute Gasteiger partial charge is 0.502 e. The second-order valence-corrected chi connectivity index (χ2v) is 3.58. The third-order valence-corrected chi connectivity index (χ3v) is 2.59. The maximum Gasteiger partial charge on any atom is 0.311 e. The van der Waals surface area contributed by atoms with Gasteiger partial charge >= 0.3 is 5.69 Å². The van der Waals surface area contributed by atoms with Gasteiger partial charge in [-0.3, -0.25) is 14.9 Å². The van der Waals surface area contributed by atoms with E-state index in [1.54, 1.807) is 4.90 Å². The Morgan fingerprint density at radius 2 is 2.12 bits per heavy atom. The fourth-order valence-corrected chi connectivity index (χ4v) is 1.54. The summed E-state index contributed by atoms with van der Waals surface area (Å²) in [7, 11) is 0. The molecule has 0 radical (unpaired) electrons. The van der Waals surface area contributed by atoms with Crippen molar-refractivity contribution in [3.05, 3.63) is 33.9 Å². The maximum absolute atomic E-state index is 11.8. The number of hydrogen-bond donors (Lipinski definition) is 1. The summed E-state index contributed by atoms with van der Waals surface area (Å²) in [4.78, 5) is 23.2. The minimum atomic E-state index is -0.706. The molecule has 0 atom stereocenters. The van der Waals surface area contributed by atoms with E-state index in [4.69, 9.17) is 0 Å². The van der Waals surface area contributed by atoms with Crippen molar-refractivity contribution in [1.29, 1.82) is 0 Å². The van der Waals surface area contributed by atoms with Crippen LogP contribution in [0.4, 0.5) is 5.69 Å². The molecule has 1 heterocycles. The zero-order chi connectivity index (χ0) is 11.7. The first kappa shape index (κ1) is 10.4. The van der Waals surface area contributed by atoms with Crippen molar-refractivity contribution < 1.29 is 14.8 Å². The number of para-hydroxylation sites is 1. The van der Waals surface area contributed by atoms with Gasteiger partial charge in [-0.25, -0.2) is 0 Å². The van der Waals surface area contributed by atoms with Crippen LogP contribution in [0.1, 0.15) is 16.8 Å². The number of aromatic hydroxyl groups is 1. The molecule has 6 heteroatoms. The van der Waals surface area contributed by atoms with Gasteiger partial charge < -0.3 is 10.0 Å². The topological polar surface area (TPSA) is 83.7 Å². The molecule has 1 fully saturated rings. The highest BCUT2D eigenvalue weighted by Crippen LogP contribution is 2.30. The molecule has 0 aliphatic carbocycles. The monoisotopic (exact) mass is 222 g/mol. The van der Waals surface area contributed by atoms with Crippen LogP contribution in [0.25, 0.3) is 0 Å². The molecular formula is C10H10N2O4. The van der Waals surface area contributed by atoms with Crippen LogP contribution in [0, 0.1) is 10.1 Å². The highest BCUT2D eigenvalue weighted by molar-refractivity contribution is 5.98. The molecular weight excluding hydrogens is 212 g/mol. The van der Waals surface area contributed by atoms with E-state index in [2.05, 4.69) is 0 Å². The van der Waals surface area contributed by atoms with Gasteiger partial charge in [-0.05, 0) is 12.5 Å². The van der Waals surface area contributed by atoms with Gasteiger partial charge in [-0.2, -0.15) is 0 Å². The van der Waals surface area contributed by atoms with Gasteiger partial charge in [0.25, 0.3) is 5.91 Å². The standard InChI is InChI=1S/C10H10N2O4/c13-9-7(10(14)11-5-2-6-11)3-1-4-8(9)12(15)16/h1,3-4,13H,2,5-6H2. The Bertz CT molecular complexity index is 454. The summed E-state index contributed by atoms with van der Waals surface area (Å²) in [5.41, 5.74) is -0.444. The molecule has 1 aromatic rings. The van der Waals surface area contributed by atoms with Crippen LogP contribution in [0.15, 0.2) is 18.2 Å². The summed E-state index contributed by atoms with van der Waals surface area (Å²) in [6.45, 7) is 1.28. The highest BCUT2D eigenvalue weighted by Gasteiger charge is 2.27. The van der Waals surface area contributed by atoms with E-state index >= 15 is 0 Å². The van der Waals surface area contributed by atoms with Crippen molar-refractivity contribution in [2.24, 2.45) is 0 Å². The number of benzene rings is 1. The van der Waals surface area contributed by atoms with Crippen LogP contribution in [-0.2, 0) is 0 Å². The number of amides is 1. The quantitative estimate of drug-likeness (QED) is 0.600. The Morgan fingerprint density at radius 1 is 1.44 bits per heavy atom. The van der Waals surface area contributed by atoms with Gasteiger partial charge in [0.1, 0.15) is 0 Å². The third kappa shape index (κ3) is 1.58. The van der Waals surface area contributed by atoms with Crippen molar-refractivity contribution in [3.8, 4) is 5.75 Å². The Balaban J connectivity index is 2.37. The second kappa shape index (κ2) is 3.80. The molecule has 0 aromatic heterocycles. The van der Waals surface area contributed by atoms with Crippen molar-refractivity contribution in [3.63, 3.8) is 0 Å². The molecule has 0 spiro atoms. The Hall–Kier alpha value is -2.11. The molecule has 6 nitrogen and oxygen atoms in total. The zero-order valence-corrected chi connectivity index (χ0v) is 8.42. The van der Waals surface area contributed by atoms with E-state index in [0.717, 1.165) is 6.42 Å². The van der Waals surface area contributed by atoms with Crippen LogP contribution in [0.3, 0.4) is 0 Å². The van der Waals surface area contributed by atoms with E-state index in [1.165, 1.54) is 18.2 Å². The molecule has 16 heavy (non-hydrogen) atoms. The first-order valence-electron chi connectivity index (χ1n) is 4.87. The molecule has 1 amide bonds. The molecule has 1 saturated heterocycles. The van der Waals surface area contributed by atoms with Crippen LogP contribution in [0.5, 0.6) is 5.75 Å². The van der Waals surface area contributed by atoms with Gasteiger partial charge in [0.15, 0.2) is 0 Å². The molecule has 1 aliphatic heterocycles. The Kier molecular flexibility index (Phi) is 2.47. The Morgan fingerprint density at radius 3 is 2.62 bits per heavy atom. The van der Waals surface area contributed by atoms with Gasteiger partial charge in [-0.15, -0.1) is 0 Å². The number of likely N-dealkylation sites (tertiary alicyclic amines) is 1. The summed E-state index contributed by atoms with van der Waals surface area (Å²) >= 11 is 0. The SMILES string of the molecule is O=C(c1cccc([N+](=O)[O-])c1O)N1CCC1. The van der Waals surface area contributed by atoms with Crippen LogP contribution < -0.4 is 0 Å². The van der Waals surface area contributed by atoms with Gasteiger partial charge in [0.2, 0.25) is 5.75 Å². The minimum absolute atomic E-state index is 0.00565. The average molecular weight is 222 g/mol. The van der Waals surface area contributed by atoms with E-state index in [1.807, 2.05) is 0 Å². The molecule has 0 saturated carbocycles. The summed E-state index contributed by atoms with van der Waals surface area (Å²) in [5, 5.41) is 20.2. The van der Waals surface area contributed by atoms with Crippen LogP contribution in [0.2, 0.25) is 0 Å². The number of carbonyl (C=O) groups excluding carboxylic acids is 1. The first-order chi connectivity index (χ1) is 7.61. The Labute approximate surface area is 91.3 Å². The second-order valence-electron chi connectivity index (χ2n) is 3.58. The van der Waals surface area contributed by atoms with Crippen molar-refractivity contribution in [2.75, 3.05) is 13.1 Å². The number of carbonyl (C=O) groups is 1. The molecule has 0 bridgehead atoms. The first-order valence-corrected chi connectivity index (χ1v) is 4.87. The van der Waals surface area contributed by atoms with E-state index in [0.29, 0.717) is 13.1 Å². The number of phenols is 1. The minimum Gasteiger partial charge on any atom is -0.502 e. The lowest BCUT2D eigenvalue weighted by Crippen LogP contribution is -2.42. The number of rotatable bonds is 2. The molecule has 2 rings (SSSR count).